The van der Waals surface area contributed by atoms with Crippen LogP contribution in [0.15, 0.2) is 23.1 Å². The monoisotopic (exact) mass is 339 g/mol. The maximum atomic E-state index is 11.7. The van der Waals surface area contributed by atoms with Crippen LogP contribution in [0.3, 0.4) is 0 Å². The summed E-state index contributed by atoms with van der Waals surface area (Å²) in [6, 6.07) is 4.33. The van der Waals surface area contributed by atoms with Gasteiger partial charge in [0.2, 0.25) is 10.0 Å². The Morgan fingerprint density at radius 2 is 1.95 bits per heavy atom. The van der Waals surface area contributed by atoms with E-state index in [0.29, 0.717) is 18.4 Å². The molecule has 1 aliphatic rings. The van der Waals surface area contributed by atoms with Crippen LogP contribution in [-0.4, -0.2) is 29.2 Å². The number of rotatable bonds is 6. The van der Waals surface area contributed by atoms with Gasteiger partial charge in [-0.15, -0.1) is 0 Å². The van der Waals surface area contributed by atoms with Gasteiger partial charge in [0.15, 0.2) is 0 Å². The Kier molecular flexibility index (Phi) is 4.29. The number of sulfonamides is 1. The van der Waals surface area contributed by atoms with Crippen molar-refractivity contribution in [2.45, 2.75) is 29.5 Å². The van der Waals surface area contributed by atoms with Crippen LogP contribution in [-0.2, 0) is 25.6 Å². The molecule has 0 bridgehead atoms. The molecule has 1 aromatic rings. The molecule has 1 fully saturated rings. The van der Waals surface area contributed by atoms with E-state index in [1.54, 1.807) is 6.07 Å². The lowest BCUT2D eigenvalue weighted by Crippen LogP contribution is -2.26. The molecule has 9 heteroatoms. The summed E-state index contributed by atoms with van der Waals surface area (Å²) in [6.07, 6.45) is 1.33. The van der Waals surface area contributed by atoms with E-state index >= 15 is 0 Å². The van der Waals surface area contributed by atoms with E-state index in [9.17, 15) is 16.8 Å². The first-order valence-corrected chi connectivity index (χ1v) is 9.69. The third kappa shape index (κ3) is 3.63. The topological polar surface area (TPSA) is 89.5 Å². The van der Waals surface area contributed by atoms with Crippen LogP contribution < -0.4 is 9.46 Å². The first-order chi connectivity index (χ1) is 9.24. The highest BCUT2D eigenvalue weighted by Crippen LogP contribution is 2.29. The minimum absolute atomic E-state index is 0.0161. The van der Waals surface area contributed by atoms with Gasteiger partial charge in [-0.25, -0.2) is 21.6 Å². The normalized spacial score (nSPS) is 16.1. The van der Waals surface area contributed by atoms with E-state index < -0.39 is 19.1 Å². The molecule has 0 unspecified atom stereocenters. The summed E-state index contributed by atoms with van der Waals surface area (Å²) in [5, 5.41) is -0.322. The third-order valence-electron chi connectivity index (χ3n) is 2.93. The zero-order chi connectivity index (χ0) is 15.0. The standard InChI is InChI=1S/C11H14ClNO5S2/c1-18-10-5-2-8(6-11(10)19(12,14)15)7-13-20(16,17)9-3-4-9/h2,5-6,9,13H,3-4,7H2,1H3. The van der Waals surface area contributed by atoms with E-state index in [4.69, 9.17) is 15.4 Å². The molecule has 20 heavy (non-hydrogen) atoms. The summed E-state index contributed by atoms with van der Waals surface area (Å²) in [5.41, 5.74) is 0.495. The van der Waals surface area contributed by atoms with Gasteiger partial charge in [-0.05, 0) is 30.5 Å². The average Bonchev–Trinajstić information content (AvgIpc) is 3.19. The number of methoxy groups -OCH3 is 1. The molecule has 1 aliphatic carbocycles. The molecule has 2 rings (SSSR count). The second-order valence-electron chi connectivity index (χ2n) is 4.49. The molecule has 0 atom stereocenters. The Bertz CT molecular complexity index is 710. The van der Waals surface area contributed by atoms with Gasteiger partial charge in [-0.2, -0.15) is 0 Å². The predicted octanol–water partition coefficient (Wildman–Crippen LogP) is 1.20. The molecule has 0 radical (unpaired) electrons. The van der Waals surface area contributed by atoms with Crippen molar-refractivity contribution in [2.75, 3.05) is 7.11 Å². The number of ether oxygens (including phenoxy) is 1. The van der Waals surface area contributed by atoms with Gasteiger partial charge in [-0.1, -0.05) is 6.07 Å². The Morgan fingerprint density at radius 3 is 2.45 bits per heavy atom. The number of nitrogens with one attached hydrogen (secondary N) is 1. The summed E-state index contributed by atoms with van der Waals surface area (Å²) < 4.78 is 53.6. The molecule has 0 spiro atoms. The lowest BCUT2D eigenvalue weighted by Gasteiger charge is -2.09. The van der Waals surface area contributed by atoms with E-state index in [-0.39, 0.29) is 22.4 Å². The molecule has 0 heterocycles. The van der Waals surface area contributed by atoms with Crippen LogP contribution >= 0.6 is 10.7 Å². The largest absolute Gasteiger partial charge is 0.495 e. The molecular weight excluding hydrogens is 326 g/mol. The van der Waals surface area contributed by atoms with E-state index in [2.05, 4.69) is 4.72 Å². The Hall–Kier alpha value is -0.830. The fourth-order valence-electron chi connectivity index (χ4n) is 1.70. The predicted molar refractivity (Wildman–Crippen MR) is 74.8 cm³/mol. The number of hydrogen-bond donors (Lipinski definition) is 1. The van der Waals surface area contributed by atoms with Gasteiger partial charge >= 0.3 is 0 Å². The number of hydrogen-bond acceptors (Lipinski definition) is 5. The van der Waals surface area contributed by atoms with Gasteiger partial charge < -0.3 is 4.74 Å². The fraction of sp³-hybridized carbons (Fsp3) is 0.455. The highest BCUT2D eigenvalue weighted by atomic mass is 35.7. The molecular formula is C11H14ClNO5S2. The first-order valence-electron chi connectivity index (χ1n) is 5.84. The fourth-order valence-corrected chi connectivity index (χ4v) is 4.11. The van der Waals surface area contributed by atoms with Crippen molar-refractivity contribution in [3.8, 4) is 5.75 Å². The molecule has 112 valence electrons. The highest BCUT2D eigenvalue weighted by molar-refractivity contribution is 8.13. The second-order valence-corrected chi connectivity index (χ2v) is 9.07. The Balaban J connectivity index is 2.21. The van der Waals surface area contributed by atoms with Crippen molar-refractivity contribution in [1.29, 1.82) is 0 Å². The SMILES string of the molecule is COc1ccc(CNS(=O)(=O)C2CC2)cc1S(=O)(=O)Cl. The van der Waals surface area contributed by atoms with E-state index in [1.165, 1.54) is 19.2 Å². The summed E-state index contributed by atoms with van der Waals surface area (Å²) in [5.74, 6) is 0.119. The van der Waals surface area contributed by atoms with Gasteiger partial charge in [0.05, 0.1) is 12.4 Å². The molecule has 0 aliphatic heterocycles. The maximum absolute atomic E-state index is 11.7. The zero-order valence-corrected chi connectivity index (χ0v) is 13.1. The summed E-state index contributed by atoms with van der Waals surface area (Å²) >= 11 is 0. The molecule has 1 N–H and O–H groups in total. The van der Waals surface area contributed by atoms with Gasteiger partial charge in [-0.3, -0.25) is 0 Å². The summed E-state index contributed by atoms with van der Waals surface area (Å²) in [7, 11) is -0.621. The minimum atomic E-state index is -3.96. The van der Waals surface area contributed by atoms with Crippen LogP contribution in [0.1, 0.15) is 18.4 Å². The van der Waals surface area contributed by atoms with Gasteiger partial charge in [0.25, 0.3) is 9.05 Å². The lowest BCUT2D eigenvalue weighted by atomic mass is 10.2. The van der Waals surface area contributed by atoms with Crippen molar-refractivity contribution in [1.82, 2.24) is 4.72 Å². The molecule has 0 amide bonds. The molecule has 0 saturated heterocycles. The highest BCUT2D eigenvalue weighted by Gasteiger charge is 2.35. The number of benzene rings is 1. The van der Waals surface area contributed by atoms with Gasteiger partial charge in [0, 0.05) is 17.2 Å². The zero-order valence-electron chi connectivity index (χ0n) is 10.7. The summed E-state index contributed by atoms with van der Waals surface area (Å²) in [4.78, 5) is -0.176. The van der Waals surface area contributed by atoms with Crippen molar-refractivity contribution in [3.05, 3.63) is 23.8 Å². The molecule has 1 aromatic carbocycles. The lowest BCUT2D eigenvalue weighted by molar-refractivity contribution is 0.403. The van der Waals surface area contributed by atoms with Crippen molar-refractivity contribution < 1.29 is 21.6 Å². The average molecular weight is 340 g/mol. The van der Waals surface area contributed by atoms with E-state index in [1.807, 2.05) is 0 Å². The Labute approximate surface area is 122 Å². The molecule has 6 nitrogen and oxygen atoms in total. The Morgan fingerprint density at radius 1 is 1.30 bits per heavy atom. The van der Waals surface area contributed by atoms with Crippen molar-refractivity contribution in [3.63, 3.8) is 0 Å². The maximum Gasteiger partial charge on any atom is 0.264 e. The van der Waals surface area contributed by atoms with Crippen molar-refractivity contribution in [2.24, 2.45) is 0 Å². The minimum Gasteiger partial charge on any atom is -0.495 e. The van der Waals surface area contributed by atoms with Crippen molar-refractivity contribution >= 4 is 29.8 Å². The van der Waals surface area contributed by atoms with Gasteiger partial charge in [0.1, 0.15) is 10.6 Å². The summed E-state index contributed by atoms with van der Waals surface area (Å²) in [6.45, 7) is 0.0161. The van der Waals surface area contributed by atoms with Crippen LogP contribution in [0.4, 0.5) is 0 Å². The second kappa shape index (κ2) is 5.51. The number of halogens is 1. The first kappa shape index (κ1) is 15.6. The van der Waals surface area contributed by atoms with Crippen LogP contribution in [0, 0.1) is 0 Å². The molecule has 1 saturated carbocycles. The van der Waals surface area contributed by atoms with Crippen LogP contribution in [0.2, 0.25) is 0 Å². The van der Waals surface area contributed by atoms with Crippen LogP contribution in [0.5, 0.6) is 5.75 Å². The smallest absolute Gasteiger partial charge is 0.264 e. The third-order valence-corrected chi connectivity index (χ3v) is 6.17. The molecule has 0 aromatic heterocycles. The van der Waals surface area contributed by atoms with E-state index in [0.717, 1.165) is 0 Å². The van der Waals surface area contributed by atoms with Crippen LogP contribution in [0.25, 0.3) is 0 Å². The quantitative estimate of drug-likeness (QED) is 0.787.